The number of nitriles is 1. The number of amides is 4. The van der Waals surface area contributed by atoms with Crippen LogP contribution in [0.3, 0.4) is 0 Å². The van der Waals surface area contributed by atoms with E-state index in [1.165, 1.54) is 41.0 Å². The van der Waals surface area contributed by atoms with Crippen LogP contribution in [-0.4, -0.2) is 100 Å². The number of aromatic nitrogens is 4. The van der Waals surface area contributed by atoms with Crippen molar-refractivity contribution in [2.75, 3.05) is 49.5 Å². The molecule has 2 N–H and O–H groups in total. The molecule has 1 saturated carbocycles. The largest absolute Gasteiger partial charge is 0.453 e. The molecule has 0 bridgehead atoms. The number of aryl methyl sites for hydroxylation is 1. The average molecular weight is 955 g/mol. The second-order valence-corrected chi connectivity index (χ2v) is 20.0. The SMILES string of the molecule is CCN(C)S(=O)(=O)Nc1ccc(F)c(Oc2ccc3ncn([C@H]4COC5(CCN(C(=O)CC6CCCC(c7cc8c(cc7F)c(N7CCC(=O)NC7=O)nn8C)CC6)CC5)C4)c(=O)c3c2)c1C#N. The fourth-order valence-corrected chi connectivity index (χ4v) is 11.1. The van der Waals surface area contributed by atoms with Gasteiger partial charge in [0.15, 0.2) is 17.4 Å². The predicted molar refractivity (Wildman–Crippen MR) is 246 cm³/mol. The minimum absolute atomic E-state index is 0.0349. The molecule has 4 fully saturated rings. The lowest BCUT2D eigenvalue weighted by molar-refractivity contribution is -0.137. The maximum Gasteiger partial charge on any atom is 0.329 e. The van der Waals surface area contributed by atoms with Crippen LogP contribution in [0.4, 0.5) is 25.1 Å². The van der Waals surface area contributed by atoms with Gasteiger partial charge in [-0.1, -0.05) is 13.3 Å². The van der Waals surface area contributed by atoms with Crippen molar-refractivity contribution in [1.29, 1.82) is 5.26 Å². The minimum Gasteiger partial charge on any atom is -0.453 e. The highest BCUT2D eigenvalue weighted by Crippen LogP contribution is 2.43. The van der Waals surface area contributed by atoms with Crippen molar-refractivity contribution in [3.05, 3.63) is 81.9 Å². The molecule has 3 aliphatic heterocycles. The van der Waals surface area contributed by atoms with Gasteiger partial charge in [-0.05, 0) is 105 Å². The molecule has 2 unspecified atom stereocenters. The quantitative estimate of drug-likeness (QED) is 0.139. The van der Waals surface area contributed by atoms with Gasteiger partial charge in [0.05, 0.1) is 46.7 Å². The van der Waals surface area contributed by atoms with Crippen LogP contribution < -0.4 is 25.2 Å². The molecule has 21 heteroatoms. The summed E-state index contributed by atoms with van der Waals surface area (Å²) in [4.78, 5) is 59.8. The minimum atomic E-state index is -4.04. The summed E-state index contributed by atoms with van der Waals surface area (Å²) in [7, 11) is -0.932. The highest BCUT2D eigenvalue weighted by atomic mass is 32.2. The lowest BCUT2D eigenvalue weighted by Crippen LogP contribution is -2.49. The first-order valence-electron chi connectivity index (χ1n) is 22.9. The van der Waals surface area contributed by atoms with Crippen molar-refractivity contribution in [2.45, 2.75) is 88.7 Å². The van der Waals surface area contributed by atoms with E-state index in [1.54, 1.807) is 24.7 Å². The predicted octanol–water partition coefficient (Wildman–Crippen LogP) is 6.36. The summed E-state index contributed by atoms with van der Waals surface area (Å²) in [6, 6.07) is 10.7. The number of nitrogens with zero attached hydrogens (tertiary/aromatic N) is 8. The standard InChI is InChI=1S/C47H52F2N10O8S/c1-4-55(2)68(64,65)54-39-13-11-36(48)43(35(39)25-50)67-31-10-12-38-33(21-31)45(62)59(27-51-38)30-24-47(66-26-30)15-18-57(19-16-47)42(61)20-28-6-5-7-29(9-8-28)32-23-40-34(22-37(32)49)44(53-56(40)3)58-17-14-41(60)52-46(58)63/h10-13,21-23,27-30,54H,4-9,14-20,24,26H2,1-3H3,(H,52,60,63)/t28?,29?,30-/m1/s1. The lowest BCUT2D eigenvalue weighted by atomic mass is 9.86. The van der Waals surface area contributed by atoms with Crippen LogP contribution in [0.15, 0.2) is 53.6 Å². The Hall–Kier alpha value is -6.50. The van der Waals surface area contributed by atoms with Crippen LogP contribution >= 0.6 is 0 Å². The number of imide groups is 1. The number of urea groups is 1. The van der Waals surface area contributed by atoms with Crippen molar-refractivity contribution in [1.82, 2.24) is 33.9 Å². The van der Waals surface area contributed by atoms with E-state index in [0.29, 0.717) is 66.6 Å². The average Bonchev–Trinajstić information content (AvgIpc) is 3.77. The third-order valence-electron chi connectivity index (χ3n) is 14.2. The maximum atomic E-state index is 15.9. The van der Waals surface area contributed by atoms with Crippen molar-refractivity contribution < 1.29 is 41.1 Å². The summed E-state index contributed by atoms with van der Waals surface area (Å²) in [5, 5.41) is 17.4. The van der Waals surface area contributed by atoms with E-state index in [2.05, 4.69) is 20.1 Å². The highest BCUT2D eigenvalue weighted by Gasteiger charge is 2.44. The van der Waals surface area contributed by atoms with Gasteiger partial charge in [0.1, 0.15) is 23.2 Å². The van der Waals surface area contributed by atoms with E-state index in [9.17, 15) is 32.9 Å². The van der Waals surface area contributed by atoms with Gasteiger partial charge in [0.2, 0.25) is 11.8 Å². The summed E-state index contributed by atoms with van der Waals surface area (Å²) in [5.41, 5.74) is 0.220. The van der Waals surface area contributed by atoms with Gasteiger partial charge in [0.25, 0.3) is 5.56 Å². The molecule has 4 aliphatic rings. The molecule has 18 nitrogen and oxygen atoms in total. The summed E-state index contributed by atoms with van der Waals surface area (Å²) >= 11 is 0. The molecule has 68 heavy (non-hydrogen) atoms. The Balaban J connectivity index is 0.810. The van der Waals surface area contributed by atoms with Crippen LogP contribution in [-0.2, 0) is 31.6 Å². The summed E-state index contributed by atoms with van der Waals surface area (Å²) < 4.78 is 75.2. The Kier molecular flexibility index (Phi) is 12.7. The zero-order chi connectivity index (χ0) is 48.1. The number of benzene rings is 3. The summed E-state index contributed by atoms with van der Waals surface area (Å²) in [5.74, 6) is -1.58. The number of hydrogen-bond donors (Lipinski definition) is 2. The third kappa shape index (κ3) is 8.99. The molecule has 3 aromatic carbocycles. The van der Waals surface area contributed by atoms with Crippen molar-refractivity contribution in [3.8, 4) is 17.6 Å². The lowest BCUT2D eigenvalue weighted by Gasteiger charge is -2.39. The van der Waals surface area contributed by atoms with E-state index in [1.807, 2.05) is 17.0 Å². The fourth-order valence-electron chi connectivity index (χ4n) is 10.1. The fraction of sp³-hybridized carbons (Fsp3) is 0.468. The molecule has 1 spiro atoms. The number of ether oxygens (including phenoxy) is 2. The first kappa shape index (κ1) is 46.6. The van der Waals surface area contributed by atoms with E-state index in [-0.39, 0.29) is 89.6 Å². The Labute approximate surface area is 391 Å². The van der Waals surface area contributed by atoms with Gasteiger partial charge in [-0.3, -0.25) is 38.6 Å². The molecule has 3 atom stereocenters. The smallest absolute Gasteiger partial charge is 0.329 e. The third-order valence-corrected chi connectivity index (χ3v) is 15.7. The number of hydrogen-bond acceptors (Lipinski definition) is 11. The van der Waals surface area contributed by atoms with Gasteiger partial charge in [0, 0.05) is 58.5 Å². The number of piperidine rings is 1. The van der Waals surface area contributed by atoms with Crippen molar-refractivity contribution in [2.24, 2.45) is 13.0 Å². The first-order valence-corrected chi connectivity index (χ1v) is 24.4. The number of likely N-dealkylation sites (tertiary alicyclic amines) is 1. The second-order valence-electron chi connectivity index (χ2n) is 18.3. The molecule has 1 aliphatic carbocycles. The number of fused-ring (bicyclic) bond motifs is 2. The van der Waals surface area contributed by atoms with E-state index < -0.39 is 33.4 Å². The van der Waals surface area contributed by atoms with Crippen molar-refractivity contribution >= 4 is 61.4 Å². The Bertz CT molecular complexity index is 3060. The molecular weight excluding hydrogens is 903 g/mol. The van der Waals surface area contributed by atoms with Crippen LogP contribution in [0.1, 0.15) is 94.2 Å². The number of anilines is 2. The van der Waals surface area contributed by atoms with Gasteiger partial charge in [-0.2, -0.15) is 23.1 Å². The number of carbonyl (C=O) groups is 3. The number of nitrogens with one attached hydrogen (secondary N) is 2. The number of rotatable bonds is 11. The monoisotopic (exact) mass is 954 g/mol. The number of halogens is 2. The molecule has 2 aromatic heterocycles. The molecule has 5 heterocycles. The van der Waals surface area contributed by atoms with Gasteiger partial charge in [-0.25, -0.2) is 18.6 Å². The second kappa shape index (κ2) is 18.5. The van der Waals surface area contributed by atoms with Crippen molar-refractivity contribution in [3.63, 3.8) is 0 Å². The van der Waals surface area contributed by atoms with Crippen LogP contribution in [0, 0.1) is 28.9 Å². The zero-order valence-corrected chi connectivity index (χ0v) is 38.8. The molecule has 0 radical (unpaired) electrons. The highest BCUT2D eigenvalue weighted by molar-refractivity contribution is 7.90. The van der Waals surface area contributed by atoms with Gasteiger partial charge >= 0.3 is 16.2 Å². The Morgan fingerprint density at radius 3 is 2.59 bits per heavy atom. The van der Waals surface area contributed by atoms with Crippen LogP contribution in [0.25, 0.3) is 21.8 Å². The van der Waals surface area contributed by atoms with Gasteiger partial charge in [-0.15, -0.1) is 0 Å². The Morgan fingerprint density at radius 1 is 1.04 bits per heavy atom. The Morgan fingerprint density at radius 2 is 1.84 bits per heavy atom. The van der Waals surface area contributed by atoms with E-state index in [0.717, 1.165) is 48.5 Å². The van der Waals surface area contributed by atoms with E-state index in [4.69, 9.17) is 9.47 Å². The first-order chi connectivity index (χ1) is 32.6. The maximum absolute atomic E-state index is 15.9. The molecule has 358 valence electrons. The van der Waals surface area contributed by atoms with Crippen LogP contribution in [0.2, 0.25) is 0 Å². The summed E-state index contributed by atoms with van der Waals surface area (Å²) in [6.45, 7) is 3.24. The molecule has 3 saturated heterocycles. The van der Waals surface area contributed by atoms with Gasteiger partial charge < -0.3 is 14.4 Å². The van der Waals surface area contributed by atoms with E-state index >= 15 is 8.78 Å². The zero-order valence-electron chi connectivity index (χ0n) is 38.0. The topological polar surface area (TPSA) is 214 Å². The molecule has 9 rings (SSSR count). The molecule has 4 amide bonds. The number of carbonyl (C=O) groups excluding carboxylic acids is 3. The summed E-state index contributed by atoms with van der Waals surface area (Å²) in [6.07, 6.45) is 7.77. The molecular formula is C47H52F2N10O8S. The molecule has 5 aromatic rings. The van der Waals surface area contributed by atoms with Crippen LogP contribution in [0.5, 0.6) is 11.5 Å². The normalized spacial score (nSPS) is 21.0.